The van der Waals surface area contributed by atoms with Crippen molar-refractivity contribution in [3.05, 3.63) is 188 Å². The lowest BCUT2D eigenvalue weighted by Crippen LogP contribution is -2.12. The lowest BCUT2D eigenvalue weighted by molar-refractivity contribution is 1.29. The first-order chi connectivity index (χ1) is 23.8. The van der Waals surface area contributed by atoms with E-state index in [1.54, 1.807) is 0 Å². The Hall–Kier alpha value is -5.96. The number of anilines is 3. The minimum atomic E-state index is 1.11. The second-order valence-electron chi connectivity index (χ2n) is 12.1. The molecule has 0 unspecified atom stereocenters. The molecule has 0 aliphatic carbocycles. The zero-order chi connectivity index (χ0) is 31.9. The van der Waals surface area contributed by atoms with E-state index in [-0.39, 0.29) is 0 Å². The van der Waals surface area contributed by atoms with Crippen molar-refractivity contribution in [3.8, 4) is 33.4 Å². The summed E-state index contributed by atoms with van der Waals surface area (Å²) in [6.45, 7) is 0. The van der Waals surface area contributed by atoms with Crippen molar-refractivity contribution < 1.29 is 0 Å². The highest BCUT2D eigenvalue weighted by atomic mass is 32.1. The van der Waals surface area contributed by atoms with Crippen molar-refractivity contribution in [1.29, 1.82) is 0 Å². The van der Waals surface area contributed by atoms with Crippen LogP contribution >= 0.6 is 11.3 Å². The van der Waals surface area contributed by atoms with Gasteiger partial charge >= 0.3 is 0 Å². The molecular weight excluding hydrogens is 599 g/mol. The molecule has 2 heteroatoms. The number of hydrogen-bond donors (Lipinski definition) is 0. The molecule has 1 aromatic heterocycles. The van der Waals surface area contributed by atoms with Gasteiger partial charge in [0.25, 0.3) is 0 Å². The molecule has 0 spiro atoms. The number of para-hydroxylation sites is 2. The van der Waals surface area contributed by atoms with Crippen LogP contribution in [0.25, 0.3) is 64.3 Å². The topological polar surface area (TPSA) is 3.24 Å². The van der Waals surface area contributed by atoms with E-state index in [2.05, 4.69) is 193 Å². The highest BCUT2D eigenvalue weighted by Crippen LogP contribution is 2.48. The molecule has 9 aromatic rings. The van der Waals surface area contributed by atoms with Gasteiger partial charge in [-0.25, -0.2) is 0 Å². The molecule has 0 saturated heterocycles. The first-order valence-corrected chi connectivity index (χ1v) is 17.2. The molecule has 0 bridgehead atoms. The summed E-state index contributed by atoms with van der Waals surface area (Å²) >= 11 is 1.86. The van der Waals surface area contributed by atoms with Gasteiger partial charge in [0.1, 0.15) is 0 Å². The third kappa shape index (κ3) is 4.86. The van der Waals surface area contributed by atoms with Gasteiger partial charge in [-0.3, -0.25) is 0 Å². The predicted molar refractivity (Wildman–Crippen MR) is 208 cm³/mol. The number of benzene rings is 8. The molecule has 9 rings (SSSR count). The fourth-order valence-electron chi connectivity index (χ4n) is 7.09. The summed E-state index contributed by atoms with van der Waals surface area (Å²) in [5, 5.41) is 5.10. The molecule has 8 aromatic carbocycles. The second kappa shape index (κ2) is 12.0. The largest absolute Gasteiger partial charge is 0.309 e. The molecule has 0 fully saturated rings. The maximum absolute atomic E-state index is 2.45. The Bertz CT molecular complexity index is 2560. The van der Waals surface area contributed by atoms with E-state index < -0.39 is 0 Å². The van der Waals surface area contributed by atoms with Crippen LogP contribution in [-0.2, 0) is 0 Å². The van der Waals surface area contributed by atoms with Gasteiger partial charge in [-0.2, -0.15) is 0 Å². The standard InChI is InChI=1S/C46H31NS/c1-2-14-32(15-3-1)33-28-30-35(31-29-33)47(42-24-9-6-19-38(42)37-22-12-17-34-16-4-5-18-36(34)37)43-25-10-7-20-39(43)40-23-13-27-45-46(40)41-21-8-11-26-44(41)48-45/h1-31H. The smallest absolute Gasteiger partial charge is 0.0540 e. The minimum Gasteiger partial charge on any atom is -0.309 e. The van der Waals surface area contributed by atoms with E-state index in [1.807, 2.05) is 11.3 Å². The molecule has 0 radical (unpaired) electrons. The molecule has 226 valence electrons. The average molecular weight is 630 g/mol. The minimum absolute atomic E-state index is 1.11. The van der Waals surface area contributed by atoms with Crippen LogP contribution in [0.1, 0.15) is 0 Å². The molecular formula is C46H31NS. The first-order valence-electron chi connectivity index (χ1n) is 16.4. The third-order valence-electron chi connectivity index (χ3n) is 9.30. The van der Waals surface area contributed by atoms with E-state index in [4.69, 9.17) is 0 Å². The number of nitrogens with zero attached hydrogens (tertiary/aromatic N) is 1. The lowest BCUT2D eigenvalue weighted by Gasteiger charge is -2.30. The second-order valence-corrected chi connectivity index (χ2v) is 13.2. The van der Waals surface area contributed by atoms with Crippen LogP contribution in [-0.4, -0.2) is 0 Å². The van der Waals surface area contributed by atoms with Crippen molar-refractivity contribution in [1.82, 2.24) is 0 Å². The molecule has 1 nitrogen and oxygen atoms in total. The van der Waals surface area contributed by atoms with Gasteiger partial charge in [0.05, 0.1) is 11.4 Å². The zero-order valence-electron chi connectivity index (χ0n) is 26.3. The molecule has 0 saturated carbocycles. The number of fused-ring (bicyclic) bond motifs is 4. The molecule has 48 heavy (non-hydrogen) atoms. The van der Waals surface area contributed by atoms with E-state index in [0.717, 1.165) is 17.1 Å². The normalized spacial score (nSPS) is 11.3. The summed E-state index contributed by atoms with van der Waals surface area (Å²) in [5.74, 6) is 0. The zero-order valence-corrected chi connectivity index (χ0v) is 27.1. The van der Waals surface area contributed by atoms with Crippen molar-refractivity contribution in [2.75, 3.05) is 4.90 Å². The Morgan fingerprint density at radius 2 is 0.854 bits per heavy atom. The monoisotopic (exact) mass is 629 g/mol. The van der Waals surface area contributed by atoms with Crippen LogP contribution in [0.4, 0.5) is 17.1 Å². The summed E-state index contributed by atoms with van der Waals surface area (Å²) in [7, 11) is 0. The van der Waals surface area contributed by atoms with Crippen LogP contribution in [0.2, 0.25) is 0 Å². The Labute approximate surface area is 284 Å². The lowest BCUT2D eigenvalue weighted by atomic mass is 9.94. The van der Waals surface area contributed by atoms with Crippen molar-refractivity contribution in [2.24, 2.45) is 0 Å². The van der Waals surface area contributed by atoms with Crippen LogP contribution < -0.4 is 4.90 Å². The molecule has 0 amide bonds. The Morgan fingerprint density at radius 3 is 1.65 bits per heavy atom. The number of rotatable bonds is 6. The van der Waals surface area contributed by atoms with Gasteiger partial charge in [0.2, 0.25) is 0 Å². The Balaban J connectivity index is 1.31. The number of thiophene rings is 1. The third-order valence-corrected chi connectivity index (χ3v) is 10.4. The van der Waals surface area contributed by atoms with Crippen molar-refractivity contribution in [3.63, 3.8) is 0 Å². The molecule has 0 N–H and O–H groups in total. The SMILES string of the molecule is c1ccc(-c2ccc(N(c3ccccc3-c3cccc4ccccc34)c3ccccc3-c3cccc4sc5ccccc5c34)cc2)cc1. The van der Waals surface area contributed by atoms with Crippen molar-refractivity contribution >= 4 is 59.3 Å². The molecule has 0 aliphatic rings. The van der Waals surface area contributed by atoms with Crippen LogP contribution in [0.15, 0.2) is 188 Å². The van der Waals surface area contributed by atoms with Gasteiger partial charge in [0, 0.05) is 37.0 Å². The summed E-state index contributed by atoms with van der Waals surface area (Å²) in [6, 6.07) is 68.2. The predicted octanol–water partition coefficient (Wildman–Crippen LogP) is 13.7. The van der Waals surface area contributed by atoms with Gasteiger partial charge < -0.3 is 4.90 Å². The van der Waals surface area contributed by atoms with Crippen LogP contribution in [0, 0.1) is 0 Å². The maximum Gasteiger partial charge on any atom is 0.0540 e. The molecule has 0 aliphatic heterocycles. The fourth-order valence-corrected chi connectivity index (χ4v) is 8.23. The summed E-state index contributed by atoms with van der Waals surface area (Å²) in [6.07, 6.45) is 0. The summed E-state index contributed by atoms with van der Waals surface area (Å²) in [4.78, 5) is 2.45. The quantitative estimate of drug-likeness (QED) is 0.177. The van der Waals surface area contributed by atoms with Gasteiger partial charge in [0.15, 0.2) is 0 Å². The Morgan fingerprint density at radius 1 is 0.333 bits per heavy atom. The molecule has 1 heterocycles. The van der Waals surface area contributed by atoms with Crippen LogP contribution in [0.3, 0.4) is 0 Å². The molecule has 0 atom stereocenters. The average Bonchev–Trinajstić information content (AvgIpc) is 3.55. The van der Waals surface area contributed by atoms with E-state index >= 15 is 0 Å². The first kappa shape index (κ1) is 28.3. The van der Waals surface area contributed by atoms with Gasteiger partial charge in [-0.05, 0) is 69.4 Å². The number of hydrogen-bond acceptors (Lipinski definition) is 2. The van der Waals surface area contributed by atoms with E-state index in [9.17, 15) is 0 Å². The summed E-state index contributed by atoms with van der Waals surface area (Å²) < 4.78 is 2.62. The van der Waals surface area contributed by atoms with E-state index in [0.29, 0.717) is 0 Å². The van der Waals surface area contributed by atoms with E-state index in [1.165, 1.54) is 64.3 Å². The van der Waals surface area contributed by atoms with Gasteiger partial charge in [-0.15, -0.1) is 11.3 Å². The fraction of sp³-hybridized carbons (Fsp3) is 0. The highest BCUT2D eigenvalue weighted by molar-refractivity contribution is 7.25. The highest BCUT2D eigenvalue weighted by Gasteiger charge is 2.22. The summed E-state index contributed by atoms with van der Waals surface area (Å²) in [5.41, 5.74) is 10.6. The van der Waals surface area contributed by atoms with Crippen LogP contribution in [0.5, 0.6) is 0 Å². The van der Waals surface area contributed by atoms with Gasteiger partial charge in [-0.1, -0.05) is 152 Å². The maximum atomic E-state index is 2.45. The van der Waals surface area contributed by atoms with Crippen molar-refractivity contribution in [2.45, 2.75) is 0 Å². The Kier molecular flexibility index (Phi) is 7.07.